The number of ether oxygens (including phenoxy) is 2. The second-order valence-electron chi connectivity index (χ2n) is 18.8. The Morgan fingerprint density at radius 3 is 2.24 bits per heavy atom. The van der Waals surface area contributed by atoms with Gasteiger partial charge in [-0.3, -0.25) is 19.2 Å². The Labute approximate surface area is 405 Å². The lowest BCUT2D eigenvalue weighted by atomic mass is 9.82. The summed E-state index contributed by atoms with van der Waals surface area (Å²) < 4.78 is 55.4. The topological polar surface area (TPSA) is 167 Å². The second-order valence-corrected chi connectivity index (χ2v) is 19.7. The maximum Gasteiger partial charge on any atom is 0.389 e. The van der Waals surface area contributed by atoms with E-state index in [2.05, 4.69) is 20.9 Å². The van der Waals surface area contributed by atoms with Gasteiger partial charge in [-0.05, 0) is 122 Å². The van der Waals surface area contributed by atoms with E-state index in [-0.39, 0.29) is 32.5 Å². The minimum Gasteiger partial charge on any atom is -0.481 e. The van der Waals surface area contributed by atoms with Crippen LogP contribution in [-0.2, 0) is 50.5 Å². The number of amides is 3. The number of alkyl halides is 3. The number of aliphatic carboxylic acids is 1. The molecule has 68 heavy (non-hydrogen) atoms. The molecule has 5 atom stereocenters. The van der Waals surface area contributed by atoms with Crippen molar-refractivity contribution < 1.29 is 46.9 Å². The molecule has 4 aromatic rings. The predicted octanol–water partition coefficient (Wildman–Crippen LogP) is 8.18. The number of hydrogen-bond acceptors (Lipinski definition) is 9. The Bertz CT molecular complexity index is 2380. The highest BCUT2D eigenvalue weighted by Crippen LogP contribution is 2.34. The zero-order chi connectivity index (χ0) is 50.1. The van der Waals surface area contributed by atoms with E-state index in [0.717, 1.165) is 17.1 Å². The quantitative estimate of drug-likeness (QED) is 0.0679. The third-order valence-electron chi connectivity index (χ3n) is 11.5. The van der Waals surface area contributed by atoms with E-state index < -0.39 is 78.0 Å². The van der Waals surface area contributed by atoms with Gasteiger partial charge in [-0.1, -0.05) is 41.4 Å². The molecule has 1 fully saturated rings. The van der Waals surface area contributed by atoms with Crippen molar-refractivity contribution in [3.05, 3.63) is 99.9 Å². The summed E-state index contributed by atoms with van der Waals surface area (Å²) in [6, 6.07) is 17.4. The van der Waals surface area contributed by atoms with Crippen LogP contribution in [0.3, 0.4) is 0 Å². The first-order chi connectivity index (χ1) is 31.8. The van der Waals surface area contributed by atoms with E-state index in [0.29, 0.717) is 45.6 Å². The van der Waals surface area contributed by atoms with Gasteiger partial charge in [0.25, 0.3) is 0 Å². The summed E-state index contributed by atoms with van der Waals surface area (Å²) >= 11 is 12.6. The summed E-state index contributed by atoms with van der Waals surface area (Å²) in [4.78, 5) is 61.9. The smallest absolute Gasteiger partial charge is 0.389 e. The minimum absolute atomic E-state index is 0.0505. The molecule has 5 rings (SSSR count). The van der Waals surface area contributed by atoms with Gasteiger partial charge in [-0.25, -0.2) is 4.98 Å². The van der Waals surface area contributed by atoms with E-state index in [9.17, 15) is 37.5 Å². The molecule has 1 aromatic heterocycles. The molecule has 0 bridgehead atoms. The van der Waals surface area contributed by atoms with Crippen molar-refractivity contribution in [1.29, 1.82) is 0 Å². The second kappa shape index (κ2) is 22.9. The molecule has 0 radical (unpaired) electrons. The Kier molecular flexibility index (Phi) is 18.1. The van der Waals surface area contributed by atoms with Crippen molar-refractivity contribution in [3.8, 4) is 22.8 Å². The maximum atomic E-state index is 14.7. The number of carbonyl (C=O) groups is 4. The van der Waals surface area contributed by atoms with Gasteiger partial charge < -0.3 is 44.9 Å². The van der Waals surface area contributed by atoms with E-state index in [1.165, 1.54) is 4.90 Å². The van der Waals surface area contributed by atoms with Crippen LogP contribution < -0.4 is 20.7 Å². The number of imidazole rings is 1. The first-order valence-electron chi connectivity index (χ1n) is 22.4. The van der Waals surface area contributed by atoms with Gasteiger partial charge in [0.15, 0.2) is 0 Å². The number of carboxylic acids is 1. The first-order valence-corrected chi connectivity index (χ1v) is 23.1. The lowest BCUT2D eigenvalue weighted by Gasteiger charge is -2.45. The fourth-order valence-corrected chi connectivity index (χ4v) is 8.62. The Morgan fingerprint density at radius 1 is 0.956 bits per heavy atom. The molecule has 2 heterocycles. The number of nitrogens with zero attached hydrogens (tertiary/aromatic N) is 4. The minimum atomic E-state index is -4.79. The fraction of sp³-hybridized carbons (Fsp3) is 0.490. The van der Waals surface area contributed by atoms with Crippen LogP contribution in [0.2, 0.25) is 10.0 Å². The standard InChI is InChI=1S/C49H62Cl2F3N7O7/c1-30(55-26-34-12-17-37(51)23-40(34)67-38-18-13-33(14-19-38)39-27-56-41(60(39)8)28-59(6)7)44(64)57-43(31(2)68-47(3,4)5)45(65)58-48(24-32-10-15-36(50)16-11-32)20-9-21-61(29-48)46(66)35(22-42(62)63)25-49(52,53)54/h10-19,23,27,30-31,35,43,55H,9,20-22,24-26,28-29H2,1-8H3,(H,57,64)(H,58,65)(H,62,63)/t30?,31?,35?,43?,48-/m1/s1. The van der Waals surface area contributed by atoms with E-state index >= 15 is 0 Å². The van der Waals surface area contributed by atoms with Crippen LogP contribution in [0, 0.1) is 5.92 Å². The Morgan fingerprint density at radius 2 is 1.62 bits per heavy atom. The highest BCUT2D eigenvalue weighted by Gasteiger charge is 2.45. The normalized spacial score (nSPS) is 17.3. The van der Waals surface area contributed by atoms with Crippen LogP contribution in [0.25, 0.3) is 11.3 Å². The highest BCUT2D eigenvalue weighted by atomic mass is 35.5. The average molecular weight is 989 g/mol. The summed E-state index contributed by atoms with van der Waals surface area (Å²) in [6.45, 7) is 9.37. The maximum absolute atomic E-state index is 14.7. The highest BCUT2D eigenvalue weighted by molar-refractivity contribution is 6.31. The van der Waals surface area contributed by atoms with Gasteiger partial charge >= 0.3 is 12.1 Å². The number of rotatable bonds is 20. The summed E-state index contributed by atoms with van der Waals surface area (Å²) in [5.74, 6) is -3.63. The molecule has 0 saturated carbocycles. The lowest BCUT2D eigenvalue weighted by Crippen LogP contribution is -2.66. The molecule has 14 nitrogen and oxygen atoms in total. The predicted molar refractivity (Wildman–Crippen MR) is 254 cm³/mol. The van der Waals surface area contributed by atoms with Crippen molar-refractivity contribution >= 4 is 46.9 Å². The molecular weight excluding hydrogens is 926 g/mol. The zero-order valence-corrected chi connectivity index (χ0v) is 41.2. The molecule has 1 saturated heterocycles. The zero-order valence-electron chi connectivity index (χ0n) is 39.7. The van der Waals surface area contributed by atoms with Crippen LogP contribution in [0.5, 0.6) is 11.5 Å². The third-order valence-corrected chi connectivity index (χ3v) is 12.0. The van der Waals surface area contributed by atoms with E-state index in [1.807, 2.05) is 61.1 Å². The summed E-state index contributed by atoms with van der Waals surface area (Å²) in [7, 11) is 5.95. The number of carbonyl (C=O) groups excluding carboxylic acids is 3. The van der Waals surface area contributed by atoms with Crippen molar-refractivity contribution in [2.24, 2.45) is 13.0 Å². The molecule has 3 amide bonds. The van der Waals surface area contributed by atoms with Crippen molar-refractivity contribution in [1.82, 2.24) is 35.3 Å². The number of halogens is 5. The number of carboxylic acid groups (broad SMARTS) is 1. The van der Waals surface area contributed by atoms with Crippen molar-refractivity contribution in [3.63, 3.8) is 0 Å². The molecule has 3 aromatic carbocycles. The first kappa shape index (κ1) is 53.8. The van der Waals surface area contributed by atoms with Gasteiger partial charge in [0, 0.05) is 47.9 Å². The van der Waals surface area contributed by atoms with Crippen molar-refractivity contribution in [2.75, 3.05) is 27.2 Å². The molecule has 19 heteroatoms. The fourth-order valence-electron chi connectivity index (χ4n) is 8.33. The number of nitrogens with one attached hydrogen (secondary N) is 3. The number of hydrogen-bond donors (Lipinski definition) is 4. The molecule has 1 aliphatic heterocycles. The van der Waals surface area contributed by atoms with Crippen LogP contribution in [-0.4, -0.2) is 111 Å². The van der Waals surface area contributed by atoms with Gasteiger partial charge in [-0.15, -0.1) is 0 Å². The molecule has 0 spiro atoms. The van der Waals surface area contributed by atoms with E-state index in [1.54, 1.807) is 77.1 Å². The Hall–Kier alpha value is -5.20. The molecule has 4 N–H and O–H groups in total. The molecule has 0 aliphatic carbocycles. The molecule has 370 valence electrons. The number of piperidine rings is 1. The summed E-state index contributed by atoms with van der Waals surface area (Å²) in [5.41, 5.74) is 1.31. The van der Waals surface area contributed by atoms with Crippen LogP contribution in [0.15, 0.2) is 72.9 Å². The van der Waals surface area contributed by atoms with Crippen LogP contribution in [0.1, 0.15) is 77.3 Å². The van der Waals surface area contributed by atoms with Crippen LogP contribution >= 0.6 is 23.2 Å². The number of benzene rings is 3. The van der Waals surface area contributed by atoms with Gasteiger partial charge in [-0.2, -0.15) is 13.2 Å². The van der Waals surface area contributed by atoms with Crippen molar-refractivity contribution in [2.45, 2.75) is 115 Å². The van der Waals surface area contributed by atoms with Gasteiger partial charge in [0.1, 0.15) is 23.4 Å². The average Bonchev–Trinajstić information content (AvgIpc) is 3.59. The van der Waals surface area contributed by atoms with Crippen LogP contribution in [0.4, 0.5) is 13.2 Å². The largest absolute Gasteiger partial charge is 0.481 e. The summed E-state index contributed by atoms with van der Waals surface area (Å²) in [5, 5.41) is 19.5. The third kappa shape index (κ3) is 15.7. The number of aromatic nitrogens is 2. The summed E-state index contributed by atoms with van der Waals surface area (Å²) in [6.07, 6.45) is -5.76. The molecular formula is C49H62Cl2F3N7O7. The SMILES string of the molecule is CC(NCc1ccc(Cl)cc1Oc1ccc(-c2cnc(CN(C)C)n2C)cc1)C(=O)NC(C(=O)N[C@@]1(Cc2ccc(Cl)cc2)CCCN(C(=O)C(CC(=O)O)CC(F)(F)F)C1)C(C)OC(C)(C)C. The van der Waals surface area contributed by atoms with E-state index in [4.69, 9.17) is 32.7 Å². The number of likely N-dealkylation sites (tertiary alicyclic amines) is 1. The lowest BCUT2D eigenvalue weighted by molar-refractivity contribution is -0.164. The van der Waals surface area contributed by atoms with Gasteiger partial charge in [0.2, 0.25) is 17.7 Å². The Balaban J connectivity index is 1.34. The molecule has 1 aliphatic rings. The molecule has 4 unspecified atom stereocenters. The monoisotopic (exact) mass is 987 g/mol. The van der Waals surface area contributed by atoms with Gasteiger partial charge in [0.05, 0.1) is 60.5 Å².